The van der Waals surface area contributed by atoms with Crippen molar-refractivity contribution in [1.29, 1.82) is 5.41 Å². The van der Waals surface area contributed by atoms with Crippen molar-refractivity contribution >= 4 is 122 Å². The Balaban J connectivity index is 1.23. The molecule has 0 radical (unpaired) electrons. The van der Waals surface area contributed by atoms with Gasteiger partial charge in [-0.25, -0.2) is 49.9 Å². The molecule has 0 spiro atoms. The maximum atomic E-state index is 14.8. The third-order valence-electron chi connectivity index (χ3n) is 19.0. The number of benzene rings is 5. The van der Waals surface area contributed by atoms with E-state index >= 15 is 0 Å². The summed E-state index contributed by atoms with van der Waals surface area (Å²) < 4.78 is 0. The molecule has 6 aromatic rings. The van der Waals surface area contributed by atoms with E-state index in [2.05, 4.69) is 85.8 Å². The largest absolute Gasteiger partial charge is 0.497 e. The summed E-state index contributed by atoms with van der Waals surface area (Å²) in [4.78, 5) is 85.9. The number of aromatic nitrogens is 1. The molecule has 2 aliphatic rings. The van der Waals surface area contributed by atoms with Gasteiger partial charge in [-0.1, -0.05) is 124 Å². The summed E-state index contributed by atoms with van der Waals surface area (Å²) in [5.41, 5.74) is 2.99. The second-order valence-corrected chi connectivity index (χ2v) is 29.8. The number of anilines is 2. The summed E-state index contributed by atoms with van der Waals surface area (Å²) in [5.74, 6) is -9.43. The molecule has 636 valence electrons. The number of hydrogen-bond acceptors (Lipinski definition) is 19. The van der Waals surface area contributed by atoms with E-state index in [4.69, 9.17) is 17.0 Å². The predicted octanol–water partition coefficient (Wildman–Crippen LogP) is 11.6. The molecule has 8 rings (SSSR count). The van der Waals surface area contributed by atoms with Gasteiger partial charge in [-0.2, -0.15) is 4.99 Å². The molecule has 18 N–H and O–H groups in total. The molecule has 5 aromatic carbocycles. The molecular weight excluding hydrogens is 1560 g/mol. The summed E-state index contributed by atoms with van der Waals surface area (Å²) in [5, 5.41) is 182. The fourth-order valence-corrected chi connectivity index (χ4v) is 13.1. The molecule has 11 atom stereocenters. The van der Waals surface area contributed by atoms with Gasteiger partial charge in [0.15, 0.2) is 17.8 Å². The summed E-state index contributed by atoms with van der Waals surface area (Å²) in [6, 6.07) is 18.6. The number of carbonyl (C=O) groups is 2. The quantitative estimate of drug-likeness (QED) is 0.00732. The van der Waals surface area contributed by atoms with E-state index in [1.54, 1.807) is 48.5 Å². The molecule has 1 aromatic heterocycles. The fourth-order valence-electron chi connectivity index (χ4n) is 12.9. The van der Waals surface area contributed by atoms with E-state index in [9.17, 15) is 81.1 Å². The smallest absolute Gasteiger partial charge is 0.325 e. The van der Waals surface area contributed by atoms with Gasteiger partial charge in [-0.3, -0.25) is 20.0 Å². The lowest BCUT2D eigenvalue weighted by molar-refractivity contribution is -0.132. The number of nitrogens with zero attached hydrogens (tertiary/aromatic N) is 14. The van der Waals surface area contributed by atoms with Crippen molar-refractivity contribution < 1.29 is 85.9 Å². The van der Waals surface area contributed by atoms with Crippen LogP contribution in [0.1, 0.15) is 114 Å². The van der Waals surface area contributed by atoms with Gasteiger partial charge in [0.1, 0.15) is 67.5 Å². The highest BCUT2D eigenvalue weighted by molar-refractivity contribution is 6.30. The summed E-state index contributed by atoms with van der Waals surface area (Å²) in [6.45, 7) is 10.0. The van der Waals surface area contributed by atoms with E-state index in [0.717, 1.165) is 16.3 Å². The van der Waals surface area contributed by atoms with Crippen LogP contribution in [-0.2, 0) is 46.5 Å². The minimum absolute atomic E-state index is 0.00288. The minimum atomic E-state index is -1.90. The number of aliphatic hydroxyl groups excluding tert-OH is 14. The number of unbranched alkanes of at least 4 members (excludes halogenated alkanes) is 1. The molecule has 35 nitrogen and oxygen atoms in total. The molecular formula is C83H105ClN18O17. The number of amides is 2. The van der Waals surface area contributed by atoms with E-state index < -0.39 is 162 Å². The first kappa shape index (κ1) is 91.9. The molecule has 2 amide bonds. The van der Waals surface area contributed by atoms with Crippen LogP contribution in [-0.4, -0.2) is 269 Å². The molecule has 0 bridgehead atoms. The number of amidine groups is 2. The number of rotatable bonds is 42. The van der Waals surface area contributed by atoms with Gasteiger partial charge in [-0.05, 0) is 144 Å². The number of oxime groups is 1. The molecule has 1 saturated heterocycles. The zero-order valence-electron chi connectivity index (χ0n) is 67.0. The van der Waals surface area contributed by atoms with Crippen molar-refractivity contribution in [2.45, 2.75) is 191 Å². The van der Waals surface area contributed by atoms with Crippen LogP contribution in [0.4, 0.5) is 11.4 Å². The Hall–Kier alpha value is -12.6. The molecule has 119 heavy (non-hydrogen) atoms. The molecule has 0 saturated carbocycles. The summed E-state index contributed by atoms with van der Waals surface area (Å²) in [7, 11) is 1.23. The first-order valence-corrected chi connectivity index (χ1v) is 39.2. The Kier molecular flexibility index (Phi) is 34.9. The van der Waals surface area contributed by atoms with Gasteiger partial charge in [0.2, 0.25) is 64.9 Å². The second-order valence-electron chi connectivity index (χ2n) is 29.3. The number of fused-ring (bicyclic) bond motifs is 1. The highest BCUT2D eigenvalue weighted by Crippen LogP contribution is 2.27. The number of aliphatic imine (C=N–C) groups is 11. The monoisotopic (exact) mass is 1660 g/mol. The number of aliphatic hydroxyl groups is 14. The molecule has 3 heterocycles. The van der Waals surface area contributed by atoms with Crippen molar-refractivity contribution in [1.82, 2.24) is 15.2 Å². The lowest BCUT2D eigenvalue weighted by Crippen LogP contribution is -2.46. The van der Waals surface area contributed by atoms with Crippen LogP contribution < -0.4 is 16.0 Å². The van der Waals surface area contributed by atoms with Gasteiger partial charge >= 0.3 is 12.0 Å². The Labute approximate surface area is 692 Å². The topological polar surface area (TPSA) is 551 Å². The zero-order valence-corrected chi connectivity index (χ0v) is 67.8. The maximum absolute atomic E-state index is 14.8. The molecule has 2 aliphatic heterocycles. The van der Waals surface area contributed by atoms with Gasteiger partial charge in [0, 0.05) is 80.4 Å². The van der Waals surface area contributed by atoms with Crippen molar-refractivity contribution in [2.24, 2.45) is 66.0 Å². The van der Waals surface area contributed by atoms with Crippen LogP contribution in [0.15, 0.2) is 200 Å². The summed E-state index contributed by atoms with van der Waals surface area (Å²) in [6.07, 6.45) is 3.50. The molecule has 36 heteroatoms. The first-order chi connectivity index (χ1) is 56.8. The number of carbonyl (C=O) groups excluding carboxylic acids is 2. The first-order valence-electron chi connectivity index (χ1n) is 38.8. The van der Waals surface area contributed by atoms with Gasteiger partial charge < -0.3 is 97.2 Å². The predicted molar refractivity (Wildman–Crippen MR) is 464 cm³/mol. The standard InChI is InChI=1S/C83H105ClN18O17/c1-46(2)36-61(73(108)92-60(17-10-11-34-87-47(3)4)81(116)102-35-13-18-69(102)80(115)88-48(5)71(85)106)93-75(110)64(39-52-24-31-59(32-25-52)91-83(118)101-119-7)95-77(112)65(40-51-22-29-58(30-23-51)90-72(107)67-43-70(105)100-82(117)99-67)97-79(114)68(45-103)98-78(113)66(42-54-14-12-33-86-44-54)96-76(111)63(38-50-20-27-57(84)28-21-50)94-74(109)62(89-49(6)104)41-53-19-26-55-15-8-9-16-56(55)37-53/h8-9,12,14-16,19-33,37,44,46-48,60-69,87,103H,10-11,13,17-18,34-36,38-43,45H2,1-7H3,(H2,85,106)(H,88,115)(H,89,104)(H,90,107)(H,92,108)(H,93,110)(H,94,109)(H,95,112)(H,96,111)(H,97,114)(H,98,113)(H2,91,101,118)(H2,99,100,105,117). The van der Waals surface area contributed by atoms with E-state index in [-0.39, 0.29) is 75.0 Å². The van der Waals surface area contributed by atoms with Crippen LogP contribution >= 0.6 is 11.6 Å². The molecule has 0 aliphatic carbocycles. The van der Waals surface area contributed by atoms with Crippen LogP contribution in [0.2, 0.25) is 5.02 Å². The number of likely N-dealkylation sites (tertiary alicyclic amines) is 1. The Morgan fingerprint density at radius 1 is 0.580 bits per heavy atom. The van der Waals surface area contributed by atoms with Crippen LogP contribution in [0.3, 0.4) is 0 Å². The van der Waals surface area contributed by atoms with Crippen LogP contribution in [0.5, 0.6) is 0 Å². The average molecular weight is 1660 g/mol. The SMILES string of the molecule is CON=C(O)Nc1ccc(CC(N=C(O)C(Cc2ccc(NC(=O)C3CC(O)=NC(O)=N3)cc2)N=C(O)C(CO)N=C(O)C(Cc2cccnc2)N=C(O)C(Cc2ccc(Cl)cc2)N=C(O)C(Cc2ccc3ccccc3c2)N=C(C)O)C(O)=NC(CC(C)C)C(O)=NC(CCCCNC(C)C)C(=O)N2CCCC2C(O)=NC(C)C(=N)O)cc1. The highest BCUT2D eigenvalue weighted by atomic mass is 35.5. The third kappa shape index (κ3) is 29.2. The van der Waals surface area contributed by atoms with E-state index in [1.165, 1.54) is 74.6 Å². The van der Waals surface area contributed by atoms with Crippen molar-refractivity contribution in [3.8, 4) is 0 Å². The van der Waals surface area contributed by atoms with Crippen molar-refractivity contribution in [3.05, 3.63) is 173 Å². The Bertz CT molecular complexity index is 4780. The highest BCUT2D eigenvalue weighted by Gasteiger charge is 2.38. The van der Waals surface area contributed by atoms with Crippen molar-refractivity contribution in [3.63, 3.8) is 0 Å². The van der Waals surface area contributed by atoms with Gasteiger partial charge in [-0.15, -0.1) is 0 Å². The van der Waals surface area contributed by atoms with Crippen LogP contribution in [0, 0.1) is 11.3 Å². The van der Waals surface area contributed by atoms with E-state index in [0.29, 0.717) is 65.2 Å². The second kappa shape index (κ2) is 45.2. The Morgan fingerprint density at radius 3 is 1.60 bits per heavy atom. The summed E-state index contributed by atoms with van der Waals surface area (Å²) >= 11 is 6.30. The average Bonchev–Trinajstić information content (AvgIpc) is 1.28. The number of halogens is 1. The van der Waals surface area contributed by atoms with E-state index in [1.807, 2.05) is 70.2 Å². The third-order valence-corrected chi connectivity index (χ3v) is 19.2. The lowest BCUT2D eigenvalue weighted by atomic mass is 10.0. The fraction of sp³-hybridized carbons (Fsp3) is 0.422. The molecule has 1 fully saturated rings. The number of hydrogen-bond donors (Lipinski definition) is 18. The van der Waals surface area contributed by atoms with Gasteiger partial charge in [0.25, 0.3) is 0 Å². The number of nitrogens with one attached hydrogen (secondary N) is 4. The molecule has 11 unspecified atom stereocenters. The van der Waals surface area contributed by atoms with Crippen LogP contribution in [0.25, 0.3) is 10.8 Å². The van der Waals surface area contributed by atoms with Crippen molar-refractivity contribution in [2.75, 3.05) is 37.4 Å². The number of pyridine rings is 1. The minimum Gasteiger partial charge on any atom is -0.497 e. The normalized spacial score (nSPS) is 18.2. The zero-order chi connectivity index (χ0) is 86.4. The maximum Gasteiger partial charge on any atom is 0.325 e. The van der Waals surface area contributed by atoms with Gasteiger partial charge in [0.05, 0.1) is 13.0 Å². The Morgan fingerprint density at radius 2 is 1.08 bits per heavy atom. The lowest BCUT2D eigenvalue weighted by Gasteiger charge is -2.27.